The minimum atomic E-state index is -0.661. The van der Waals surface area contributed by atoms with E-state index in [1.807, 2.05) is 25.1 Å². The molecule has 4 heteroatoms. The van der Waals surface area contributed by atoms with Crippen LogP contribution in [0.15, 0.2) is 18.2 Å². The molecule has 1 fully saturated rings. The Morgan fingerprint density at radius 3 is 2.75 bits per heavy atom. The van der Waals surface area contributed by atoms with Gasteiger partial charge in [0.1, 0.15) is 0 Å². The first-order valence-electron chi connectivity index (χ1n) is 7.10. The number of benzene rings is 1. The zero-order valence-corrected chi connectivity index (χ0v) is 12.3. The van der Waals surface area contributed by atoms with Crippen LogP contribution >= 0.6 is 0 Å². The predicted octanol–water partition coefficient (Wildman–Crippen LogP) is 3.31. The zero-order chi connectivity index (χ0) is 14.7. The first kappa shape index (κ1) is 14.7. The van der Waals surface area contributed by atoms with Gasteiger partial charge in [0, 0.05) is 0 Å². The zero-order valence-electron chi connectivity index (χ0n) is 12.3. The molecule has 1 aliphatic carbocycles. The number of carbonyl (C=O) groups is 1. The highest BCUT2D eigenvalue weighted by atomic mass is 16.5. The lowest BCUT2D eigenvalue weighted by atomic mass is 9.94. The molecule has 1 N–H and O–H groups in total. The van der Waals surface area contributed by atoms with Gasteiger partial charge < -0.3 is 14.6 Å². The van der Waals surface area contributed by atoms with Crippen LogP contribution in [0.2, 0.25) is 0 Å². The monoisotopic (exact) mass is 278 g/mol. The van der Waals surface area contributed by atoms with Crippen molar-refractivity contribution in [3.05, 3.63) is 23.8 Å². The molecule has 110 valence electrons. The summed E-state index contributed by atoms with van der Waals surface area (Å²) in [5.74, 6) is 1.34. The second-order valence-electron chi connectivity index (χ2n) is 5.42. The number of hydrogen-bond donors (Lipinski definition) is 1. The fourth-order valence-electron chi connectivity index (χ4n) is 2.67. The molecular weight excluding hydrogens is 256 g/mol. The second-order valence-corrected chi connectivity index (χ2v) is 5.42. The first-order chi connectivity index (χ1) is 9.56. The van der Waals surface area contributed by atoms with Crippen LogP contribution in [0.5, 0.6) is 11.5 Å². The van der Waals surface area contributed by atoms with Gasteiger partial charge >= 0.3 is 5.97 Å². The van der Waals surface area contributed by atoms with Gasteiger partial charge in [-0.05, 0) is 49.3 Å². The highest BCUT2D eigenvalue weighted by Gasteiger charge is 2.43. The predicted molar refractivity (Wildman–Crippen MR) is 76.4 cm³/mol. The summed E-state index contributed by atoms with van der Waals surface area (Å²) in [5.41, 5.74) is 1.17. The number of rotatable bonds is 7. The summed E-state index contributed by atoms with van der Waals surface area (Å²) < 4.78 is 10.9. The van der Waals surface area contributed by atoms with E-state index < -0.39 is 5.97 Å². The maximum atomic E-state index is 10.9. The van der Waals surface area contributed by atoms with Crippen molar-refractivity contribution in [2.24, 2.45) is 11.8 Å². The smallest absolute Gasteiger partial charge is 0.306 e. The molecule has 1 saturated carbocycles. The minimum Gasteiger partial charge on any atom is -0.493 e. The Morgan fingerprint density at radius 2 is 2.20 bits per heavy atom. The minimum absolute atomic E-state index is 0.137. The number of ether oxygens (including phenoxy) is 2. The lowest BCUT2D eigenvalue weighted by Gasteiger charge is -2.15. The van der Waals surface area contributed by atoms with Crippen LogP contribution < -0.4 is 9.47 Å². The Bertz CT molecular complexity index is 483. The Hall–Kier alpha value is -1.71. The van der Waals surface area contributed by atoms with Crippen molar-refractivity contribution < 1.29 is 19.4 Å². The van der Waals surface area contributed by atoms with Crippen molar-refractivity contribution in [3.63, 3.8) is 0 Å². The molecule has 0 radical (unpaired) electrons. The number of carboxylic acid groups (broad SMARTS) is 1. The van der Waals surface area contributed by atoms with E-state index in [0.717, 1.165) is 24.3 Å². The molecule has 0 saturated heterocycles. The lowest BCUT2D eigenvalue weighted by molar-refractivity contribution is -0.138. The number of aliphatic carboxylic acids is 1. The fourth-order valence-corrected chi connectivity index (χ4v) is 2.67. The molecular formula is C16H22O4. The molecule has 0 bridgehead atoms. The van der Waals surface area contributed by atoms with Gasteiger partial charge in [0.2, 0.25) is 0 Å². The van der Waals surface area contributed by atoms with Crippen LogP contribution in [-0.4, -0.2) is 24.8 Å². The molecule has 0 aromatic heterocycles. The van der Waals surface area contributed by atoms with Crippen molar-refractivity contribution in [2.75, 3.05) is 13.7 Å². The molecule has 3 atom stereocenters. The third-order valence-corrected chi connectivity index (χ3v) is 3.95. The molecule has 1 aliphatic rings. The van der Waals surface area contributed by atoms with E-state index in [1.54, 1.807) is 7.11 Å². The standard InChI is InChI=1S/C16H22O4/c1-4-20-14-6-5-11(9-15(14)19-3)10(2)7-12-8-13(12)16(17)18/h5-6,9-10,12-13H,4,7-8H2,1-3H3,(H,17,18). The quantitative estimate of drug-likeness (QED) is 0.831. The van der Waals surface area contributed by atoms with Gasteiger partial charge in [-0.1, -0.05) is 13.0 Å². The van der Waals surface area contributed by atoms with Crippen LogP contribution in [-0.2, 0) is 4.79 Å². The molecule has 2 rings (SSSR count). The Balaban J connectivity index is 2.03. The second kappa shape index (κ2) is 6.16. The van der Waals surface area contributed by atoms with E-state index in [1.165, 1.54) is 5.56 Å². The summed E-state index contributed by atoms with van der Waals surface area (Å²) >= 11 is 0. The molecule has 3 unspecified atom stereocenters. The summed E-state index contributed by atoms with van der Waals surface area (Å²) in [5, 5.41) is 8.95. The third kappa shape index (κ3) is 3.24. The number of methoxy groups -OCH3 is 1. The van der Waals surface area contributed by atoms with E-state index in [9.17, 15) is 4.79 Å². The fraction of sp³-hybridized carbons (Fsp3) is 0.562. The van der Waals surface area contributed by atoms with E-state index in [-0.39, 0.29) is 5.92 Å². The molecule has 0 spiro atoms. The van der Waals surface area contributed by atoms with Crippen LogP contribution in [0.3, 0.4) is 0 Å². The van der Waals surface area contributed by atoms with E-state index in [4.69, 9.17) is 14.6 Å². The molecule has 0 aliphatic heterocycles. The number of hydrogen-bond acceptors (Lipinski definition) is 3. The summed E-state index contributed by atoms with van der Waals surface area (Å²) in [6.45, 7) is 4.68. The average Bonchev–Trinajstić information content (AvgIpc) is 3.19. The SMILES string of the molecule is CCOc1ccc(C(C)CC2CC2C(=O)O)cc1OC. The van der Waals surface area contributed by atoms with Gasteiger partial charge in [0.25, 0.3) is 0 Å². The van der Waals surface area contributed by atoms with Crippen LogP contribution in [0, 0.1) is 11.8 Å². The molecule has 1 aromatic rings. The highest BCUT2D eigenvalue weighted by Crippen LogP contribution is 2.45. The van der Waals surface area contributed by atoms with Crippen LogP contribution in [0.4, 0.5) is 0 Å². The Labute approximate surface area is 119 Å². The van der Waals surface area contributed by atoms with Gasteiger partial charge in [-0.3, -0.25) is 4.79 Å². The highest BCUT2D eigenvalue weighted by molar-refractivity contribution is 5.73. The summed E-state index contributed by atoms with van der Waals surface area (Å²) in [6.07, 6.45) is 1.72. The van der Waals surface area contributed by atoms with Crippen LogP contribution in [0.25, 0.3) is 0 Å². The Morgan fingerprint density at radius 1 is 1.45 bits per heavy atom. The first-order valence-corrected chi connectivity index (χ1v) is 7.10. The van der Waals surface area contributed by atoms with Gasteiger partial charge in [-0.2, -0.15) is 0 Å². The Kier molecular flexibility index (Phi) is 4.53. The maximum absolute atomic E-state index is 10.9. The van der Waals surface area contributed by atoms with E-state index in [0.29, 0.717) is 18.4 Å². The van der Waals surface area contributed by atoms with E-state index in [2.05, 4.69) is 6.92 Å². The summed E-state index contributed by atoms with van der Waals surface area (Å²) in [6, 6.07) is 5.96. The topological polar surface area (TPSA) is 55.8 Å². The van der Waals surface area contributed by atoms with Crippen molar-refractivity contribution in [1.29, 1.82) is 0 Å². The molecule has 0 heterocycles. The average molecular weight is 278 g/mol. The van der Waals surface area contributed by atoms with Gasteiger partial charge in [0.15, 0.2) is 11.5 Å². The lowest BCUT2D eigenvalue weighted by Crippen LogP contribution is -2.03. The maximum Gasteiger partial charge on any atom is 0.306 e. The normalized spacial score (nSPS) is 22.1. The molecule has 1 aromatic carbocycles. The molecule has 4 nitrogen and oxygen atoms in total. The van der Waals surface area contributed by atoms with Gasteiger partial charge in [0.05, 0.1) is 19.6 Å². The van der Waals surface area contributed by atoms with Crippen molar-refractivity contribution in [3.8, 4) is 11.5 Å². The van der Waals surface area contributed by atoms with Crippen molar-refractivity contribution in [2.45, 2.75) is 32.6 Å². The van der Waals surface area contributed by atoms with Crippen molar-refractivity contribution >= 4 is 5.97 Å². The summed E-state index contributed by atoms with van der Waals surface area (Å²) in [4.78, 5) is 10.9. The van der Waals surface area contributed by atoms with Crippen molar-refractivity contribution in [1.82, 2.24) is 0 Å². The number of carboxylic acids is 1. The van der Waals surface area contributed by atoms with Gasteiger partial charge in [-0.25, -0.2) is 0 Å². The van der Waals surface area contributed by atoms with Crippen LogP contribution in [0.1, 0.15) is 38.2 Å². The third-order valence-electron chi connectivity index (χ3n) is 3.95. The molecule has 0 amide bonds. The largest absolute Gasteiger partial charge is 0.493 e. The van der Waals surface area contributed by atoms with E-state index >= 15 is 0 Å². The molecule has 20 heavy (non-hydrogen) atoms. The summed E-state index contributed by atoms with van der Waals surface area (Å²) in [7, 11) is 1.63. The van der Waals surface area contributed by atoms with Gasteiger partial charge in [-0.15, -0.1) is 0 Å².